The molecule has 1 amide bonds. The van der Waals surface area contributed by atoms with Gasteiger partial charge in [0.2, 0.25) is 0 Å². The fourth-order valence-corrected chi connectivity index (χ4v) is 3.75. The molecule has 1 aromatic heterocycles. The first-order chi connectivity index (χ1) is 11.6. The van der Waals surface area contributed by atoms with Gasteiger partial charge in [-0.05, 0) is 19.9 Å². The second-order valence-electron chi connectivity index (χ2n) is 5.70. The van der Waals surface area contributed by atoms with Crippen LogP contribution in [0.4, 0.5) is 5.69 Å². The summed E-state index contributed by atoms with van der Waals surface area (Å²) in [5.74, 6) is -0.0688. The maximum Gasteiger partial charge on any atom is 0.273 e. The summed E-state index contributed by atoms with van der Waals surface area (Å²) in [6.45, 7) is 1.52. The van der Waals surface area contributed by atoms with Gasteiger partial charge in [-0.15, -0.1) is 11.3 Å². The van der Waals surface area contributed by atoms with E-state index in [9.17, 15) is 14.9 Å². The summed E-state index contributed by atoms with van der Waals surface area (Å²) < 4.78 is 0. The highest BCUT2D eigenvalue weighted by Crippen LogP contribution is 2.28. The Labute approximate surface area is 143 Å². The normalized spacial score (nSPS) is 17.2. The molecule has 2 heterocycles. The van der Waals surface area contributed by atoms with Gasteiger partial charge in [0.25, 0.3) is 11.6 Å². The smallest absolute Gasteiger partial charge is 0.273 e. The summed E-state index contributed by atoms with van der Waals surface area (Å²) in [4.78, 5) is 29.4. The number of likely N-dealkylation sites (tertiary alicyclic amines) is 1. The monoisotopic (exact) mass is 346 g/mol. The van der Waals surface area contributed by atoms with Crippen LogP contribution in [-0.4, -0.2) is 46.9 Å². The van der Waals surface area contributed by atoms with Crippen LogP contribution in [-0.2, 0) is 0 Å². The number of hydrogen-bond acceptors (Lipinski definition) is 6. The lowest BCUT2D eigenvalue weighted by atomic mass is 10.2. The van der Waals surface area contributed by atoms with Crippen LogP contribution < -0.4 is 5.32 Å². The number of nitrogens with one attached hydrogen (secondary N) is 1. The van der Waals surface area contributed by atoms with E-state index in [1.54, 1.807) is 17.5 Å². The van der Waals surface area contributed by atoms with Crippen LogP contribution in [0.25, 0.3) is 10.6 Å². The topological polar surface area (TPSA) is 88.4 Å². The van der Waals surface area contributed by atoms with Crippen molar-refractivity contribution in [1.82, 2.24) is 15.2 Å². The van der Waals surface area contributed by atoms with Crippen molar-refractivity contribution < 1.29 is 9.72 Å². The number of nitro benzene ring substituents is 1. The predicted molar refractivity (Wildman–Crippen MR) is 92.2 cm³/mol. The Morgan fingerprint density at radius 1 is 1.54 bits per heavy atom. The number of nitrogens with zero attached hydrogens (tertiary/aromatic N) is 3. The molecule has 0 aliphatic carbocycles. The zero-order valence-electron chi connectivity index (χ0n) is 13.3. The fourth-order valence-electron chi connectivity index (χ4n) is 2.96. The van der Waals surface area contributed by atoms with Crippen LogP contribution in [0.3, 0.4) is 0 Å². The molecule has 1 aromatic carbocycles. The largest absolute Gasteiger partial charge is 0.333 e. The van der Waals surface area contributed by atoms with Crippen molar-refractivity contribution >= 4 is 22.9 Å². The summed E-state index contributed by atoms with van der Waals surface area (Å²) in [6.07, 6.45) is 1.99. The van der Waals surface area contributed by atoms with Crippen LogP contribution in [0.1, 0.15) is 23.3 Å². The van der Waals surface area contributed by atoms with Gasteiger partial charge >= 0.3 is 0 Å². The minimum atomic E-state index is -0.435. The van der Waals surface area contributed by atoms with Gasteiger partial charge in [-0.1, -0.05) is 12.1 Å². The lowest BCUT2D eigenvalue weighted by molar-refractivity contribution is -0.384. The first kappa shape index (κ1) is 16.5. The highest BCUT2D eigenvalue weighted by molar-refractivity contribution is 7.13. The number of benzene rings is 1. The second kappa shape index (κ2) is 7.06. The van der Waals surface area contributed by atoms with Crippen molar-refractivity contribution in [2.45, 2.75) is 18.9 Å². The van der Waals surface area contributed by atoms with Gasteiger partial charge in [0.1, 0.15) is 10.7 Å². The molecule has 1 saturated heterocycles. The number of carbonyl (C=O) groups excluding carboxylic acids is 1. The second-order valence-corrected chi connectivity index (χ2v) is 6.56. The van der Waals surface area contributed by atoms with Crippen molar-refractivity contribution in [3.63, 3.8) is 0 Å². The van der Waals surface area contributed by atoms with Gasteiger partial charge in [0.05, 0.1) is 4.92 Å². The van der Waals surface area contributed by atoms with Gasteiger partial charge in [-0.25, -0.2) is 4.98 Å². The van der Waals surface area contributed by atoms with Crippen LogP contribution in [0, 0.1) is 10.1 Å². The Morgan fingerprint density at radius 3 is 3.12 bits per heavy atom. The molecule has 1 atom stereocenters. The van der Waals surface area contributed by atoms with Crippen LogP contribution >= 0.6 is 11.3 Å². The molecule has 126 valence electrons. The minimum Gasteiger partial charge on any atom is -0.333 e. The fraction of sp³-hybridized carbons (Fsp3) is 0.375. The molecule has 1 aliphatic heterocycles. The zero-order chi connectivity index (χ0) is 17.1. The molecular weight excluding hydrogens is 328 g/mol. The quantitative estimate of drug-likeness (QED) is 0.664. The average molecular weight is 346 g/mol. The molecule has 1 fully saturated rings. The van der Waals surface area contributed by atoms with Crippen LogP contribution in [0.5, 0.6) is 0 Å². The van der Waals surface area contributed by atoms with Gasteiger partial charge < -0.3 is 10.2 Å². The van der Waals surface area contributed by atoms with Crippen LogP contribution in [0.2, 0.25) is 0 Å². The van der Waals surface area contributed by atoms with Gasteiger partial charge in [0.15, 0.2) is 0 Å². The zero-order valence-corrected chi connectivity index (χ0v) is 14.1. The van der Waals surface area contributed by atoms with E-state index in [0.29, 0.717) is 16.3 Å². The highest BCUT2D eigenvalue weighted by atomic mass is 32.1. The number of non-ortho nitro benzene ring substituents is 1. The van der Waals surface area contributed by atoms with Crippen molar-refractivity contribution in [3.05, 3.63) is 45.5 Å². The van der Waals surface area contributed by atoms with E-state index >= 15 is 0 Å². The van der Waals surface area contributed by atoms with E-state index in [1.807, 2.05) is 11.9 Å². The summed E-state index contributed by atoms with van der Waals surface area (Å²) in [5, 5.41) is 16.4. The highest BCUT2D eigenvalue weighted by Gasteiger charge is 2.30. The summed E-state index contributed by atoms with van der Waals surface area (Å²) in [7, 11) is 1.88. The molecule has 7 nitrogen and oxygen atoms in total. The molecule has 3 rings (SSSR count). The van der Waals surface area contributed by atoms with E-state index in [-0.39, 0.29) is 17.6 Å². The Hall–Kier alpha value is -2.32. The van der Waals surface area contributed by atoms with E-state index in [1.165, 1.54) is 23.5 Å². The van der Waals surface area contributed by atoms with E-state index in [2.05, 4.69) is 10.3 Å². The van der Waals surface area contributed by atoms with Crippen molar-refractivity contribution in [2.24, 2.45) is 0 Å². The standard InChI is InChI=1S/C16H18N4O3S/c1-17-9-13-6-3-7-19(13)16(21)14-10-24-15(18-14)11-4-2-5-12(8-11)20(22)23/h2,4-5,8,10,13,17H,3,6-7,9H2,1H3. The summed E-state index contributed by atoms with van der Waals surface area (Å²) in [5.41, 5.74) is 1.08. The first-order valence-electron chi connectivity index (χ1n) is 7.76. The number of likely N-dealkylation sites (N-methyl/N-ethyl adjacent to an activating group) is 1. The lowest BCUT2D eigenvalue weighted by Gasteiger charge is -2.23. The van der Waals surface area contributed by atoms with Crippen molar-refractivity contribution in [1.29, 1.82) is 0 Å². The molecule has 0 saturated carbocycles. The van der Waals surface area contributed by atoms with E-state index < -0.39 is 4.92 Å². The molecule has 8 heteroatoms. The number of aromatic nitrogens is 1. The minimum absolute atomic E-state index is 0.0178. The van der Waals surface area contributed by atoms with Gasteiger partial charge in [-0.2, -0.15) is 0 Å². The summed E-state index contributed by atoms with van der Waals surface area (Å²) >= 11 is 1.33. The van der Waals surface area contributed by atoms with Crippen molar-refractivity contribution in [2.75, 3.05) is 20.1 Å². The molecular formula is C16H18N4O3S. The molecule has 1 unspecified atom stereocenters. The number of amides is 1. The SMILES string of the molecule is CNCC1CCCN1C(=O)c1csc(-c2cccc([N+](=O)[O-])c2)n1. The lowest BCUT2D eigenvalue weighted by Crippen LogP contribution is -2.40. The molecule has 24 heavy (non-hydrogen) atoms. The maximum absolute atomic E-state index is 12.7. The number of hydrogen-bond donors (Lipinski definition) is 1. The van der Waals surface area contributed by atoms with Crippen LogP contribution in [0.15, 0.2) is 29.6 Å². The number of rotatable bonds is 5. The third kappa shape index (κ3) is 3.29. The molecule has 1 N–H and O–H groups in total. The average Bonchev–Trinajstić information content (AvgIpc) is 3.24. The number of thiazole rings is 1. The molecule has 0 radical (unpaired) electrons. The Balaban J connectivity index is 1.81. The van der Waals surface area contributed by atoms with Crippen molar-refractivity contribution in [3.8, 4) is 10.6 Å². The van der Waals surface area contributed by atoms with Gasteiger partial charge in [0, 0.05) is 42.2 Å². The Bertz CT molecular complexity index is 761. The Kier molecular flexibility index (Phi) is 4.86. The first-order valence-corrected chi connectivity index (χ1v) is 8.64. The van der Waals surface area contributed by atoms with Gasteiger partial charge in [-0.3, -0.25) is 14.9 Å². The molecule has 0 bridgehead atoms. The third-order valence-electron chi connectivity index (χ3n) is 4.10. The number of carbonyl (C=O) groups is 1. The third-order valence-corrected chi connectivity index (χ3v) is 5.00. The van der Waals surface area contributed by atoms with E-state index in [4.69, 9.17) is 0 Å². The predicted octanol–water partition coefficient (Wildman–Crippen LogP) is 2.54. The molecule has 1 aliphatic rings. The molecule has 0 spiro atoms. The molecule has 2 aromatic rings. The maximum atomic E-state index is 12.7. The summed E-state index contributed by atoms with van der Waals surface area (Å²) in [6, 6.07) is 6.51. The number of nitro groups is 1. The van der Waals surface area contributed by atoms with E-state index in [0.717, 1.165) is 25.9 Å². The Morgan fingerprint density at radius 2 is 2.38 bits per heavy atom.